The zero-order valence-corrected chi connectivity index (χ0v) is 66.8. The summed E-state index contributed by atoms with van der Waals surface area (Å²) in [4.78, 5) is 31.9. The smallest absolute Gasteiger partial charge is 0.164 e. The Balaban J connectivity index is 0.539. The summed E-state index contributed by atoms with van der Waals surface area (Å²) in [6.45, 7) is 0. The van der Waals surface area contributed by atoms with Crippen LogP contribution in [0.2, 0.25) is 0 Å². The van der Waals surface area contributed by atoms with Gasteiger partial charge in [-0.05, 0) is 211 Å². The zero-order chi connectivity index (χ0) is 81.7. The normalized spacial score (nSPS) is 11.7. The lowest BCUT2D eigenvalue weighted by atomic mass is 9.97. The molecule has 10 nitrogen and oxygen atoms in total. The molecule has 18 aromatic carbocycles. The molecule has 0 saturated heterocycles. The number of hydrogen-bond acceptors (Lipinski definition) is 8. The molecule has 10 heteroatoms. The molecule has 0 saturated carbocycles. The third-order valence-electron chi connectivity index (χ3n) is 24.2. The molecule has 0 unspecified atom stereocenters. The van der Waals surface area contributed by atoms with Gasteiger partial charge in [-0.25, -0.2) is 29.9 Å². The van der Waals surface area contributed by atoms with Crippen molar-refractivity contribution in [3.63, 3.8) is 0 Å². The number of nitrogens with zero attached hydrogens (tertiary/aromatic N) is 8. The molecule has 0 fully saturated rings. The third-order valence-corrected chi connectivity index (χ3v) is 24.2. The van der Waals surface area contributed by atoms with Crippen molar-refractivity contribution in [3.8, 4) is 158 Å². The van der Waals surface area contributed by atoms with Gasteiger partial charge in [0.1, 0.15) is 22.3 Å². The van der Waals surface area contributed by atoms with Gasteiger partial charge in [-0.1, -0.05) is 291 Å². The molecule has 578 valence electrons. The van der Waals surface area contributed by atoms with E-state index in [-0.39, 0.29) is 0 Å². The van der Waals surface area contributed by atoms with E-state index in [9.17, 15) is 0 Å². The summed E-state index contributed by atoms with van der Waals surface area (Å²) in [6, 6.07) is 150. The molecule has 0 atom stereocenters. The monoisotopic (exact) mass is 1580 g/mol. The highest BCUT2D eigenvalue weighted by molar-refractivity contribution is 6.13. The fourth-order valence-corrected chi connectivity index (χ4v) is 18.3. The summed E-state index contributed by atoms with van der Waals surface area (Å²) < 4.78 is 18.2. The lowest BCUT2D eigenvalue weighted by Gasteiger charge is -2.14. The largest absolute Gasteiger partial charge is 0.456 e. The van der Waals surface area contributed by atoms with E-state index in [0.29, 0.717) is 34.9 Å². The highest BCUT2D eigenvalue weighted by Gasteiger charge is 2.24. The molecule has 6 heterocycles. The second-order valence-corrected chi connectivity index (χ2v) is 31.6. The summed E-state index contributed by atoms with van der Waals surface area (Å²) >= 11 is 0. The minimum Gasteiger partial charge on any atom is -0.456 e. The fraction of sp³-hybridized carbons (Fsp3) is 0. The molecule has 0 aliphatic carbocycles. The number of furan rings is 2. The molecule has 24 aromatic rings. The predicted octanol–water partition coefficient (Wildman–Crippen LogP) is 29.7. The van der Waals surface area contributed by atoms with E-state index in [1.165, 1.54) is 21.8 Å². The van der Waals surface area contributed by atoms with Crippen LogP contribution in [0.15, 0.2) is 433 Å². The Hall–Kier alpha value is -16.8. The summed E-state index contributed by atoms with van der Waals surface area (Å²) in [5, 5.41) is 8.74. The summed E-state index contributed by atoms with van der Waals surface area (Å²) in [6.07, 6.45) is 0. The number of aromatic nitrogens is 8. The Bertz CT molecular complexity index is 8240. The van der Waals surface area contributed by atoms with Crippen molar-refractivity contribution in [2.45, 2.75) is 0 Å². The van der Waals surface area contributed by atoms with E-state index in [1.54, 1.807) is 0 Å². The van der Waals surface area contributed by atoms with Gasteiger partial charge in [0, 0.05) is 87.8 Å². The van der Waals surface area contributed by atoms with E-state index >= 15 is 0 Å². The first-order chi connectivity index (χ1) is 61.4. The Labute approximate surface area is 712 Å². The van der Waals surface area contributed by atoms with E-state index in [4.69, 9.17) is 38.7 Å². The number of para-hydroxylation sites is 3. The van der Waals surface area contributed by atoms with Gasteiger partial charge >= 0.3 is 0 Å². The van der Waals surface area contributed by atoms with Crippen molar-refractivity contribution in [3.05, 3.63) is 425 Å². The van der Waals surface area contributed by atoms with Crippen LogP contribution in [0.5, 0.6) is 0 Å². The van der Waals surface area contributed by atoms with Crippen molar-refractivity contribution >= 4 is 87.5 Å². The van der Waals surface area contributed by atoms with E-state index in [0.717, 1.165) is 188 Å². The lowest BCUT2D eigenvalue weighted by molar-refractivity contribution is 0.668. The first-order valence-electron chi connectivity index (χ1n) is 41.8. The van der Waals surface area contributed by atoms with Crippen molar-refractivity contribution < 1.29 is 8.83 Å². The maximum atomic E-state index is 6.77. The Morgan fingerprint density at radius 1 is 0.145 bits per heavy atom. The standard InChI is InChI=1S/C114H70N8O2/c1-4-25-71(26-5-1)74-31-21-37-83(62-74)109-115-110(117-111(116-109)85-54-59-105-99(67-85)94-56-51-81(69-107(94)123-105)79-36-24-39-87(65-79)121-101-48-17-14-43-91(101)92-44-15-18-49-102(92)121)84-38-22-34-77(63-84)75-32-20-33-76(61-75)78-35-23-40-88(64-78)122-103-50-19-16-45-93(103)98-66-80(53-58-104(98)122)82-52-57-95-100-68-86(55-60-106(100)124-108(95)70-82)112-118-113(96-46-12-10-41-89(96)72-27-6-2-7-28-72)120-114(119-112)97-47-13-11-42-90(97)73-29-8-3-9-30-73/h1-70H. The predicted molar refractivity (Wildman–Crippen MR) is 507 cm³/mol. The third kappa shape index (κ3) is 12.6. The number of hydrogen-bond donors (Lipinski definition) is 0. The van der Waals surface area contributed by atoms with Crippen LogP contribution >= 0.6 is 0 Å². The van der Waals surface area contributed by atoms with Crippen LogP contribution in [0.3, 0.4) is 0 Å². The van der Waals surface area contributed by atoms with Gasteiger partial charge in [0.15, 0.2) is 34.9 Å². The molecule has 0 aliphatic rings. The van der Waals surface area contributed by atoms with Crippen LogP contribution in [0.1, 0.15) is 0 Å². The molecule has 0 bridgehead atoms. The SMILES string of the molecule is c1ccc(-c2cccc(-c3nc(-c4cccc(-c5cccc(-c6cccc(-n7c8ccccc8c8cc(-c9ccc%10c(c9)oc9ccc(-c%11nc(-c%12ccccc%12-c%12ccccc%12)nc(-c%12ccccc%12-c%12ccccc%12)n%11)cc9%10)ccc87)c6)c5)c4)nc(-c4ccc5oc6cc(-c7cccc(-n8c9ccccc9c9ccccc98)c7)ccc6c5c4)n3)c2)cc1. The maximum absolute atomic E-state index is 6.77. The van der Waals surface area contributed by atoms with Gasteiger partial charge < -0.3 is 18.0 Å². The Morgan fingerprint density at radius 3 is 0.879 bits per heavy atom. The molecule has 0 aliphatic heterocycles. The second kappa shape index (κ2) is 29.6. The van der Waals surface area contributed by atoms with Gasteiger partial charge in [-0.15, -0.1) is 0 Å². The van der Waals surface area contributed by atoms with Crippen LogP contribution < -0.4 is 0 Å². The topological polar surface area (TPSA) is 113 Å². The number of fused-ring (bicyclic) bond motifs is 12. The van der Waals surface area contributed by atoms with Gasteiger partial charge in [0.2, 0.25) is 0 Å². The van der Waals surface area contributed by atoms with Gasteiger partial charge in [0.05, 0.1) is 22.1 Å². The minimum absolute atomic E-state index is 0.555. The molecule has 124 heavy (non-hydrogen) atoms. The zero-order valence-electron chi connectivity index (χ0n) is 66.8. The fourth-order valence-electron chi connectivity index (χ4n) is 18.3. The average molecular weight is 1580 g/mol. The molecule has 0 radical (unpaired) electrons. The number of benzene rings is 18. The summed E-state index contributed by atoms with van der Waals surface area (Å²) in [5.41, 5.74) is 30.2. The van der Waals surface area contributed by atoms with Crippen molar-refractivity contribution in [2.24, 2.45) is 0 Å². The summed E-state index contributed by atoms with van der Waals surface area (Å²) in [5.74, 6) is 3.43. The molecular weight excluding hydrogens is 1510 g/mol. The van der Waals surface area contributed by atoms with Crippen molar-refractivity contribution in [2.75, 3.05) is 0 Å². The summed E-state index contributed by atoms with van der Waals surface area (Å²) in [7, 11) is 0. The molecule has 0 N–H and O–H groups in total. The van der Waals surface area contributed by atoms with Crippen LogP contribution in [0.25, 0.3) is 245 Å². The van der Waals surface area contributed by atoms with Crippen LogP contribution in [-0.4, -0.2) is 39.0 Å². The molecule has 0 amide bonds. The quantitative estimate of drug-likeness (QED) is 0.0997. The van der Waals surface area contributed by atoms with Crippen LogP contribution in [-0.2, 0) is 0 Å². The van der Waals surface area contributed by atoms with Crippen molar-refractivity contribution in [1.29, 1.82) is 0 Å². The van der Waals surface area contributed by atoms with Gasteiger partial charge in [-0.2, -0.15) is 0 Å². The van der Waals surface area contributed by atoms with E-state index < -0.39 is 0 Å². The molecule has 0 spiro atoms. The average Bonchev–Trinajstić information content (AvgIpc) is 1.57. The van der Waals surface area contributed by atoms with E-state index in [2.05, 4.69) is 391 Å². The van der Waals surface area contributed by atoms with E-state index in [1.807, 2.05) is 42.5 Å². The Morgan fingerprint density at radius 2 is 0.427 bits per heavy atom. The minimum atomic E-state index is 0.555. The molecule has 6 aromatic heterocycles. The molecule has 24 rings (SSSR count). The number of rotatable bonds is 15. The van der Waals surface area contributed by atoms with Crippen LogP contribution in [0.4, 0.5) is 0 Å². The highest BCUT2D eigenvalue weighted by Crippen LogP contribution is 2.44. The first-order valence-corrected chi connectivity index (χ1v) is 41.8. The molecular formula is C114H70N8O2. The second-order valence-electron chi connectivity index (χ2n) is 31.6. The maximum Gasteiger partial charge on any atom is 0.164 e. The van der Waals surface area contributed by atoms with Crippen LogP contribution in [0, 0.1) is 0 Å². The first kappa shape index (κ1) is 71.3. The van der Waals surface area contributed by atoms with Gasteiger partial charge in [0.25, 0.3) is 0 Å². The lowest BCUT2D eigenvalue weighted by Crippen LogP contribution is -2.02. The highest BCUT2D eigenvalue weighted by atomic mass is 16.3. The van der Waals surface area contributed by atoms with Gasteiger partial charge in [-0.3, -0.25) is 0 Å². The Kier molecular flexibility index (Phi) is 17.0. The van der Waals surface area contributed by atoms with Crippen molar-refractivity contribution in [1.82, 2.24) is 39.0 Å².